The Kier molecular flexibility index (Phi) is 3.72. The highest BCUT2D eigenvalue weighted by molar-refractivity contribution is 9.10. The highest BCUT2D eigenvalue weighted by Gasteiger charge is 2.20. The maximum Gasteiger partial charge on any atom is 0.125 e. The Hall–Kier alpha value is -0.320. The SMILES string of the molecule is CC1CN(c2c(Cl)cc(F)cc2Br)CCN1. The summed E-state index contributed by atoms with van der Waals surface area (Å²) in [5.41, 5.74) is 0.886. The number of anilines is 1. The van der Waals surface area contributed by atoms with Gasteiger partial charge in [-0.25, -0.2) is 4.39 Å². The molecular weight excluding hydrogens is 294 g/mol. The second-order valence-electron chi connectivity index (χ2n) is 4.02. The zero-order valence-corrected chi connectivity index (χ0v) is 11.3. The summed E-state index contributed by atoms with van der Waals surface area (Å²) in [6.07, 6.45) is 0. The minimum atomic E-state index is -0.316. The summed E-state index contributed by atoms with van der Waals surface area (Å²) in [6, 6.07) is 3.23. The van der Waals surface area contributed by atoms with Gasteiger partial charge in [0.25, 0.3) is 0 Å². The van der Waals surface area contributed by atoms with Crippen LogP contribution in [0.4, 0.5) is 10.1 Å². The van der Waals surface area contributed by atoms with Crippen molar-refractivity contribution in [3.63, 3.8) is 0 Å². The van der Waals surface area contributed by atoms with Crippen LogP contribution >= 0.6 is 27.5 Å². The van der Waals surface area contributed by atoms with Crippen LogP contribution in [-0.2, 0) is 0 Å². The molecule has 0 saturated carbocycles. The number of rotatable bonds is 1. The second kappa shape index (κ2) is 4.90. The van der Waals surface area contributed by atoms with E-state index >= 15 is 0 Å². The van der Waals surface area contributed by atoms with E-state index < -0.39 is 0 Å². The first kappa shape index (κ1) is 12.1. The molecule has 88 valence electrons. The van der Waals surface area contributed by atoms with Crippen molar-refractivity contribution in [1.82, 2.24) is 5.32 Å². The number of piperazine rings is 1. The lowest BCUT2D eigenvalue weighted by atomic mass is 10.2. The van der Waals surface area contributed by atoms with Gasteiger partial charge in [0.1, 0.15) is 5.82 Å². The first-order chi connectivity index (χ1) is 7.58. The molecule has 2 nitrogen and oxygen atoms in total. The summed E-state index contributed by atoms with van der Waals surface area (Å²) in [5, 5.41) is 3.82. The molecule has 0 aliphatic carbocycles. The van der Waals surface area contributed by atoms with Crippen LogP contribution in [0, 0.1) is 5.82 Å². The number of nitrogens with one attached hydrogen (secondary N) is 1. The van der Waals surface area contributed by atoms with Crippen LogP contribution in [-0.4, -0.2) is 25.7 Å². The Morgan fingerprint density at radius 3 is 2.94 bits per heavy atom. The lowest BCUT2D eigenvalue weighted by Crippen LogP contribution is -2.49. The first-order valence-electron chi connectivity index (χ1n) is 5.21. The van der Waals surface area contributed by atoms with Gasteiger partial charge in [0.2, 0.25) is 0 Å². The number of nitrogens with zero attached hydrogens (tertiary/aromatic N) is 1. The topological polar surface area (TPSA) is 15.3 Å². The predicted molar refractivity (Wildman–Crippen MR) is 68.8 cm³/mol. The van der Waals surface area contributed by atoms with Gasteiger partial charge in [-0.2, -0.15) is 0 Å². The lowest BCUT2D eigenvalue weighted by Gasteiger charge is -2.34. The Balaban J connectivity index is 2.32. The molecule has 1 aliphatic heterocycles. The molecule has 0 radical (unpaired) electrons. The van der Waals surface area contributed by atoms with Gasteiger partial charge in [-0.15, -0.1) is 0 Å². The van der Waals surface area contributed by atoms with Crippen molar-refractivity contribution in [2.75, 3.05) is 24.5 Å². The van der Waals surface area contributed by atoms with E-state index in [4.69, 9.17) is 11.6 Å². The van der Waals surface area contributed by atoms with E-state index in [1.807, 2.05) is 0 Å². The normalized spacial score (nSPS) is 21.2. The van der Waals surface area contributed by atoms with Gasteiger partial charge >= 0.3 is 0 Å². The van der Waals surface area contributed by atoms with E-state index in [2.05, 4.69) is 33.1 Å². The average molecular weight is 308 g/mol. The summed E-state index contributed by atoms with van der Waals surface area (Å²) in [5.74, 6) is -0.316. The van der Waals surface area contributed by atoms with E-state index in [0.717, 1.165) is 25.3 Å². The predicted octanol–water partition coefficient (Wildman–Crippen LogP) is 3.04. The summed E-state index contributed by atoms with van der Waals surface area (Å²) >= 11 is 9.45. The van der Waals surface area contributed by atoms with Crippen LogP contribution in [0.5, 0.6) is 0 Å². The molecule has 1 atom stereocenters. The molecule has 1 aliphatic rings. The summed E-state index contributed by atoms with van der Waals surface area (Å²) in [6.45, 7) is 4.80. The fourth-order valence-corrected chi connectivity index (χ4v) is 3.09. The average Bonchev–Trinajstić information content (AvgIpc) is 2.15. The largest absolute Gasteiger partial charge is 0.367 e. The molecule has 5 heteroatoms. The van der Waals surface area contributed by atoms with Crippen molar-refractivity contribution < 1.29 is 4.39 Å². The summed E-state index contributed by atoms with van der Waals surface area (Å²) in [7, 11) is 0. The minimum Gasteiger partial charge on any atom is -0.367 e. The van der Waals surface area contributed by atoms with Gasteiger partial charge in [0, 0.05) is 30.1 Å². The molecule has 0 bridgehead atoms. The van der Waals surface area contributed by atoms with Gasteiger partial charge in [0.15, 0.2) is 0 Å². The van der Waals surface area contributed by atoms with Gasteiger partial charge < -0.3 is 10.2 Å². The number of hydrogen-bond acceptors (Lipinski definition) is 2. The van der Waals surface area contributed by atoms with E-state index in [9.17, 15) is 4.39 Å². The molecule has 16 heavy (non-hydrogen) atoms. The van der Waals surface area contributed by atoms with Crippen molar-refractivity contribution in [2.24, 2.45) is 0 Å². The molecule has 1 unspecified atom stereocenters. The zero-order valence-electron chi connectivity index (χ0n) is 8.93. The van der Waals surface area contributed by atoms with Crippen LogP contribution < -0.4 is 10.2 Å². The quantitative estimate of drug-likeness (QED) is 0.858. The molecule has 0 amide bonds. The van der Waals surface area contributed by atoms with Gasteiger partial charge in [0.05, 0.1) is 10.7 Å². The molecule has 0 aromatic heterocycles. The van der Waals surface area contributed by atoms with Gasteiger partial charge in [-0.1, -0.05) is 11.6 Å². The molecule has 1 aromatic rings. The van der Waals surface area contributed by atoms with Crippen LogP contribution in [0.3, 0.4) is 0 Å². The Labute approximate surface area is 108 Å². The van der Waals surface area contributed by atoms with Crippen molar-refractivity contribution in [3.05, 3.63) is 27.4 Å². The third-order valence-electron chi connectivity index (χ3n) is 2.67. The third kappa shape index (κ3) is 2.50. The molecule has 2 rings (SSSR count). The third-order valence-corrected chi connectivity index (χ3v) is 3.56. The summed E-state index contributed by atoms with van der Waals surface area (Å²) in [4.78, 5) is 2.17. The smallest absolute Gasteiger partial charge is 0.125 e. The number of halogens is 3. The van der Waals surface area contributed by atoms with Crippen LogP contribution in [0.25, 0.3) is 0 Å². The standard InChI is InChI=1S/C11H13BrClFN2/c1-7-6-16(3-2-15-7)11-9(12)4-8(14)5-10(11)13/h4-5,7,15H,2-3,6H2,1H3. The summed E-state index contributed by atoms with van der Waals surface area (Å²) < 4.78 is 13.8. The minimum absolute atomic E-state index is 0.316. The zero-order chi connectivity index (χ0) is 11.7. The molecule has 1 aromatic carbocycles. The fraction of sp³-hybridized carbons (Fsp3) is 0.455. The molecule has 0 spiro atoms. The van der Waals surface area contributed by atoms with E-state index in [1.54, 1.807) is 0 Å². The van der Waals surface area contributed by atoms with Gasteiger partial charge in [-0.05, 0) is 35.0 Å². The number of benzene rings is 1. The van der Waals surface area contributed by atoms with E-state index in [0.29, 0.717) is 15.5 Å². The Morgan fingerprint density at radius 2 is 2.31 bits per heavy atom. The van der Waals surface area contributed by atoms with Crippen LogP contribution in [0.15, 0.2) is 16.6 Å². The Bertz CT molecular complexity index is 377. The van der Waals surface area contributed by atoms with E-state index in [1.165, 1.54) is 12.1 Å². The van der Waals surface area contributed by atoms with Crippen molar-refractivity contribution in [2.45, 2.75) is 13.0 Å². The number of hydrogen-bond donors (Lipinski definition) is 1. The fourth-order valence-electron chi connectivity index (χ4n) is 1.97. The molecule has 1 saturated heterocycles. The maximum atomic E-state index is 13.1. The molecule has 1 fully saturated rings. The van der Waals surface area contributed by atoms with Crippen molar-refractivity contribution in [3.8, 4) is 0 Å². The van der Waals surface area contributed by atoms with Crippen LogP contribution in [0.1, 0.15) is 6.92 Å². The molecular formula is C11H13BrClFN2. The first-order valence-corrected chi connectivity index (χ1v) is 6.38. The highest BCUT2D eigenvalue weighted by Crippen LogP contribution is 2.35. The van der Waals surface area contributed by atoms with E-state index in [-0.39, 0.29) is 5.82 Å². The molecule has 1 N–H and O–H groups in total. The van der Waals surface area contributed by atoms with Gasteiger partial charge in [-0.3, -0.25) is 0 Å². The molecule has 1 heterocycles. The van der Waals surface area contributed by atoms with Crippen LogP contribution in [0.2, 0.25) is 5.02 Å². The monoisotopic (exact) mass is 306 g/mol. The lowest BCUT2D eigenvalue weighted by molar-refractivity contribution is 0.484. The van der Waals surface area contributed by atoms with Crippen molar-refractivity contribution >= 4 is 33.2 Å². The highest BCUT2D eigenvalue weighted by atomic mass is 79.9. The maximum absolute atomic E-state index is 13.1. The Morgan fingerprint density at radius 1 is 1.56 bits per heavy atom. The second-order valence-corrected chi connectivity index (χ2v) is 5.28. The van der Waals surface area contributed by atoms with Crippen molar-refractivity contribution in [1.29, 1.82) is 0 Å².